The van der Waals surface area contributed by atoms with Crippen LogP contribution in [0, 0.1) is 0 Å². The molecule has 0 bridgehead atoms. The predicted molar refractivity (Wildman–Crippen MR) is 235 cm³/mol. The SMILES string of the molecule is c1ccc(-c2ccc3oc4ccccc4c3c2)c(-c2ccc(-c3c4ccccc4c(-c4cccc5oc6cc7ccccc7cc6c45)c4ccccc34)cc2)c1. The number of hydrogen-bond donors (Lipinski definition) is 0. The van der Waals surface area contributed by atoms with Crippen LogP contribution in [0.4, 0.5) is 0 Å². The molecule has 0 spiro atoms. The Morgan fingerprint density at radius 3 is 1.48 bits per heavy atom. The van der Waals surface area contributed by atoms with Crippen molar-refractivity contribution in [1.82, 2.24) is 0 Å². The Kier molecular flexibility index (Phi) is 6.66. The zero-order valence-corrected chi connectivity index (χ0v) is 30.3. The van der Waals surface area contributed by atoms with Gasteiger partial charge < -0.3 is 8.83 Å². The normalized spacial score (nSPS) is 11.9. The van der Waals surface area contributed by atoms with Crippen LogP contribution in [0.3, 0.4) is 0 Å². The maximum atomic E-state index is 6.55. The van der Waals surface area contributed by atoms with Crippen LogP contribution in [0.25, 0.3) is 121 Å². The molecular weight excluding hydrogens is 681 g/mol. The van der Waals surface area contributed by atoms with E-state index < -0.39 is 0 Å². The van der Waals surface area contributed by atoms with Crippen molar-refractivity contribution >= 4 is 76.2 Å². The topological polar surface area (TPSA) is 26.3 Å². The van der Waals surface area contributed by atoms with Gasteiger partial charge in [-0.15, -0.1) is 0 Å². The summed E-state index contributed by atoms with van der Waals surface area (Å²) in [7, 11) is 0. The van der Waals surface area contributed by atoms with E-state index in [1.165, 1.54) is 76.8 Å². The summed E-state index contributed by atoms with van der Waals surface area (Å²) in [5.74, 6) is 0. The first-order valence-corrected chi connectivity index (χ1v) is 19.2. The van der Waals surface area contributed by atoms with Gasteiger partial charge in [0.05, 0.1) is 0 Å². The van der Waals surface area contributed by atoms with Gasteiger partial charge in [-0.05, 0) is 113 Å². The molecule has 0 atom stereocenters. The van der Waals surface area contributed by atoms with Gasteiger partial charge in [0.15, 0.2) is 0 Å². The van der Waals surface area contributed by atoms with Crippen molar-refractivity contribution < 1.29 is 8.83 Å². The maximum absolute atomic E-state index is 6.55. The fraction of sp³-hybridized carbons (Fsp3) is 0. The molecule has 2 nitrogen and oxygen atoms in total. The van der Waals surface area contributed by atoms with Gasteiger partial charge >= 0.3 is 0 Å². The van der Waals surface area contributed by atoms with E-state index in [-0.39, 0.29) is 0 Å². The first-order valence-electron chi connectivity index (χ1n) is 19.2. The Labute approximate surface area is 322 Å². The van der Waals surface area contributed by atoms with Gasteiger partial charge in [0.25, 0.3) is 0 Å². The Hall–Kier alpha value is -7.42. The fourth-order valence-electron chi connectivity index (χ4n) is 9.15. The highest BCUT2D eigenvalue weighted by atomic mass is 16.3. The van der Waals surface area contributed by atoms with Gasteiger partial charge in [0.1, 0.15) is 22.3 Å². The van der Waals surface area contributed by atoms with E-state index in [1.807, 2.05) is 12.1 Å². The molecule has 0 N–H and O–H groups in total. The minimum atomic E-state index is 0.902. The Balaban J connectivity index is 1.03. The van der Waals surface area contributed by atoms with E-state index in [4.69, 9.17) is 8.83 Å². The maximum Gasteiger partial charge on any atom is 0.136 e. The minimum absolute atomic E-state index is 0.902. The second kappa shape index (κ2) is 12.0. The number of rotatable bonds is 4. The highest BCUT2D eigenvalue weighted by Gasteiger charge is 2.21. The van der Waals surface area contributed by atoms with Crippen LogP contribution in [-0.4, -0.2) is 0 Å². The molecule has 10 aromatic carbocycles. The van der Waals surface area contributed by atoms with E-state index >= 15 is 0 Å². The molecule has 0 amide bonds. The summed E-state index contributed by atoms with van der Waals surface area (Å²) in [4.78, 5) is 0. The third kappa shape index (κ3) is 4.63. The van der Waals surface area contributed by atoms with E-state index in [9.17, 15) is 0 Å². The molecule has 12 aromatic rings. The van der Waals surface area contributed by atoms with Crippen molar-refractivity contribution in [2.45, 2.75) is 0 Å². The van der Waals surface area contributed by atoms with Crippen LogP contribution >= 0.6 is 0 Å². The largest absolute Gasteiger partial charge is 0.456 e. The number of fused-ring (bicyclic) bond motifs is 9. The van der Waals surface area contributed by atoms with Crippen molar-refractivity contribution in [1.29, 1.82) is 0 Å². The Bertz CT molecular complexity index is 3470. The first kappa shape index (κ1) is 31.0. The van der Waals surface area contributed by atoms with Crippen LogP contribution in [-0.2, 0) is 0 Å². The van der Waals surface area contributed by atoms with Crippen molar-refractivity contribution in [2.75, 3.05) is 0 Å². The average Bonchev–Trinajstić information content (AvgIpc) is 3.82. The van der Waals surface area contributed by atoms with Crippen LogP contribution in [0.2, 0.25) is 0 Å². The Morgan fingerprint density at radius 2 is 0.750 bits per heavy atom. The van der Waals surface area contributed by atoms with Gasteiger partial charge in [-0.2, -0.15) is 0 Å². The quantitative estimate of drug-likeness (QED) is 0.170. The summed E-state index contributed by atoms with van der Waals surface area (Å²) in [6.07, 6.45) is 0. The molecule has 0 saturated carbocycles. The number of benzene rings is 10. The van der Waals surface area contributed by atoms with Gasteiger partial charge in [-0.25, -0.2) is 0 Å². The monoisotopic (exact) mass is 712 g/mol. The highest BCUT2D eigenvalue weighted by Crippen LogP contribution is 2.47. The summed E-state index contributed by atoms with van der Waals surface area (Å²) in [6, 6.07) is 69.9. The summed E-state index contributed by atoms with van der Waals surface area (Å²) in [5, 5.41) is 11.9. The lowest BCUT2D eigenvalue weighted by atomic mass is 9.84. The van der Waals surface area contributed by atoms with E-state index in [0.29, 0.717) is 0 Å². The average molecular weight is 713 g/mol. The second-order valence-electron chi connectivity index (χ2n) is 14.7. The standard InChI is InChI=1S/C54H32O2/c1-2-13-36-32-51-47(30-35(36)12-1)54-45(21-11-23-50(54)56-51)53-43-19-7-5-17-41(43)52(42-18-6-8-20-44(42)53)34-26-24-33(25-27-34)38-14-3-4-15-39(38)37-28-29-49-46(31-37)40-16-9-10-22-48(40)55-49/h1-32H. The van der Waals surface area contributed by atoms with E-state index in [0.717, 1.165) is 43.9 Å². The smallest absolute Gasteiger partial charge is 0.136 e. The molecular formula is C54H32O2. The molecule has 0 fully saturated rings. The van der Waals surface area contributed by atoms with Crippen LogP contribution in [0.15, 0.2) is 203 Å². The summed E-state index contributed by atoms with van der Waals surface area (Å²) in [6.45, 7) is 0. The molecule has 0 radical (unpaired) electrons. The number of para-hydroxylation sites is 1. The molecule has 0 aliphatic carbocycles. The molecule has 12 rings (SSSR count). The van der Waals surface area contributed by atoms with Gasteiger partial charge in [0, 0.05) is 21.5 Å². The van der Waals surface area contributed by atoms with Crippen molar-refractivity contribution in [3.05, 3.63) is 194 Å². The third-order valence-corrected chi connectivity index (χ3v) is 11.7. The molecule has 0 aliphatic rings. The van der Waals surface area contributed by atoms with Crippen molar-refractivity contribution in [3.63, 3.8) is 0 Å². The molecule has 2 heteroatoms. The molecule has 0 saturated heterocycles. The zero-order chi connectivity index (χ0) is 36.7. The second-order valence-corrected chi connectivity index (χ2v) is 14.7. The first-order chi connectivity index (χ1) is 27.8. The van der Waals surface area contributed by atoms with Crippen molar-refractivity contribution in [2.24, 2.45) is 0 Å². The summed E-state index contributed by atoms with van der Waals surface area (Å²) < 4.78 is 12.7. The molecule has 2 heterocycles. The molecule has 56 heavy (non-hydrogen) atoms. The molecule has 0 unspecified atom stereocenters. The molecule has 260 valence electrons. The number of hydrogen-bond acceptors (Lipinski definition) is 2. The van der Waals surface area contributed by atoms with Gasteiger partial charge in [0.2, 0.25) is 0 Å². The van der Waals surface area contributed by atoms with E-state index in [1.54, 1.807) is 0 Å². The van der Waals surface area contributed by atoms with Crippen LogP contribution in [0.5, 0.6) is 0 Å². The highest BCUT2D eigenvalue weighted by molar-refractivity contribution is 6.26. The number of furan rings is 2. The fourth-order valence-corrected chi connectivity index (χ4v) is 9.15. The van der Waals surface area contributed by atoms with Gasteiger partial charge in [-0.3, -0.25) is 0 Å². The molecule has 0 aliphatic heterocycles. The van der Waals surface area contributed by atoms with Gasteiger partial charge in [-0.1, -0.05) is 158 Å². The predicted octanol–water partition coefficient (Wildman–Crippen LogP) is 15.6. The molecule has 2 aromatic heterocycles. The van der Waals surface area contributed by atoms with Crippen LogP contribution in [0.1, 0.15) is 0 Å². The third-order valence-electron chi connectivity index (χ3n) is 11.7. The lowest BCUT2D eigenvalue weighted by Crippen LogP contribution is -1.91. The van der Waals surface area contributed by atoms with Crippen LogP contribution < -0.4 is 0 Å². The van der Waals surface area contributed by atoms with Crippen molar-refractivity contribution in [3.8, 4) is 44.5 Å². The van der Waals surface area contributed by atoms with E-state index in [2.05, 4.69) is 182 Å². The Morgan fingerprint density at radius 1 is 0.250 bits per heavy atom. The lowest BCUT2D eigenvalue weighted by Gasteiger charge is -2.18. The zero-order valence-electron chi connectivity index (χ0n) is 30.3. The summed E-state index contributed by atoms with van der Waals surface area (Å²) >= 11 is 0. The minimum Gasteiger partial charge on any atom is -0.456 e. The summed E-state index contributed by atoms with van der Waals surface area (Å²) in [5.41, 5.74) is 13.2. The lowest BCUT2D eigenvalue weighted by molar-refractivity contribution is 0.669.